The molecule has 1 amide bonds. The number of likely N-dealkylation sites (tertiary alicyclic amines) is 1. The van der Waals surface area contributed by atoms with Crippen LogP contribution in [0.1, 0.15) is 22.7 Å². The van der Waals surface area contributed by atoms with Crippen LogP contribution in [0.4, 0.5) is 5.69 Å². The topological polar surface area (TPSA) is 101 Å². The molecular formula is C24H17ClN2O5. The van der Waals surface area contributed by atoms with Crippen molar-refractivity contribution in [3.05, 3.63) is 116 Å². The van der Waals surface area contributed by atoms with E-state index in [1.807, 2.05) is 30.3 Å². The molecule has 1 saturated heterocycles. The smallest absolute Gasteiger partial charge is 0.295 e. The van der Waals surface area contributed by atoms with Crippen LogP contribution in [0.3, 0.4) is 0 Å². The largest absolute Gasteiger partial charge is 0.507 e. The van der Waals surface area contributed by atoms with E-state index in [1.165, 1.54) is 29.2 Å². The highest BCUT2D eigenvalue weighted by molar-refractivity contribution is 6.46. The number of aliphatic hydroxyl groups excluding tert-OH is 1. The van der Waals surface area contributed by atoms with Crippen molar-refractivity contribution in [3.8, 4) is 0 Å². The Hall–Kier alpha value is -3.97. The van der Waals surface area contributed by atoms with Gasteiger partial charge in [-0.2, -0.15) is 0 Å². The Morgan fingerprint density at radius 3 is 2.19 bits per heavy atom. The van der Waals surface area contributed by atoms with Crippen molar-refractivity contribution >= 4 is 34.7 Å². The summed E-state index contributed by atoms with van der Waals surface area (Å²) in [6, 6.07) is 20.0. The summed E-state index contributed by atoms with van der Waals surface area (Å²) < 4.78 is 0. The van der Waals surface area contributed by atoms with Crippen LogP contribution < -0.4 is 0 Å². The number of hydrogen-bond acceptors (Lipinski definition) is 5. The van der Waals surface area contributed by atoms with Gasteiger partial charge in [-0.05, 0) is 47.5 Å². The molecule has 0 saturated carbocycles. The Bertz CT molecular complexity index is 1220. The zero-order chi connectivity index (χ0) is 22.8. The minimum Gasteiger partial charge on any atom is -0.507 e. The predicted molar refractivity (Wildman–Crippen MR) is 119 cm³/mol. The quantitative estimate of drug-likeness (QED) is 0.197. The number of non-ortho nitro benzene ring substituents is 1. The fourth-order valence-electron chi connectivity index (χ4n) is 3.71. The molecule has 1 heterocycles. The number of nitrogens with zero attached hydrogens (tertiary/aromatic N) is 2. The fourth-order valence-corrected chi connectivity index (χ4v) is 3.84. The van der Waals surface area contributed by atoms with Gasteiger partial charge in [0.15, 0.2) is 0 Å². The van der Waals surface area contributed by atoms with Gasteiger partial charge >= 0.3 is 0 Å². The second kappa shape index (κ2) is 8.64. The molecule has 1 N–H and O–H groups in total. The van der Waals surface area contributed by atoms with Gasteiger partial charge in [0.1, 0.15) is 5.76 Å². The Morgan fingerprint density at radius 1 is 0.969 bits per heavy atom. The lowest BCUT2D eigenvalue weighted by molar-refractivity contribution is -0.384. The molecule has 0 aliphatic carbocycles. The maximum Gasteiger partial charge on any atom is 0.295 e. The molecule has 0 bridgehead atoms. The van der Waals surface area contributed by atoms with E-state index in [2.05, 4.69) is 0 Å². The summed E-state index contributed by atoms with van der Waals surface area (Å²) in [5, 5.41) is 22.5. The lowest BCUT2D eigenvalue weighted by Gasteiger charge is -2.25. The van der Waals surface area contributed by atoms with Crippen molar-refractivity contribution in [3.63, 3.8) is 0 Å². The molecule has 1 aliphatic rings. The van der Waals surface area contributed by atoms with Gasteiger partial charge < -0.3 is 10.0 Å². The molecule has 7 nitrogen and oxygen atoms in total. The van der Waals surface area contributed by atoms with Crippen molar-refractivity contribution in [2.24, 2.45) is 0 Å². The summed E-state index contributed by atoms with van der Waals surface area (Å²) in [5.41, 5.74) is 1.40. The van der Waals surface area contributed by atoms with Crippen LogP contribution >= 0.6 is 11.6 Å². The van der Waals surface area contributed by atoms with Crippen LogP contribution in [-0.2, 0) is 16.1 Å². The number of aliphatic hydroxyl groups is 1. The van der Waals surface area contributed by atoms with Gasteiger partial charge in [-0.3, -0.25) is 19.7 Å². The molecule has 3 aromatic rings. The molecule has 160 valence electrons. The zero-order valence-electron chi connectivity index (χ0n) is 16.6. The van der Waals surface area contributed by atoms with Crippen molar-refractivity contribution < 1.29 is 19.6 Å². The third-order valence-electron chi connectivity index (χ3n) is 5.27. The Morgan fingerprint density at radius 2 is 1.59 bits per heavy atom. The second-order valence-corrected chi connectivity index (χ2v) is 7.70. The molecule has 1 aliphatic heterocycles. The molecule has 32 heavy (non-hydrogen) atoms. The minimum atomic E-state index is -0.910. The zero-order valence-corrected chi connectivity index (χ0v) is 17.4. The normalized spacial score (nSPS) is 17.5. The molecule has 3 aromatic carbocycles. The second-order valence-electron chi connectivity index (χ2n) is 7.27. The van der Waals surface area contributed by atoms with E-state index >= 15 is 0 Å². The van der Waals surface area contributed by atoms with Crippen LogP contribution in [0.15, 0.2) is 84.4 Å². The monoisotopic (exact) mass is 448 g/mol. The molecule has 0 spiro atoms. The third kappa shape index (κ3) is 3.98. The SMILES string of the molecule is O=C1C(=O)N(Cc2ccccc2)[C@H](c2ccc([N+](=O)[O-])cc2)C1=C(O)c1ccc(Cl)cc1. The maximum absolute atomic E-state index is 13.0. The lowest BCUT2D eigenvalue weighted by atomic mass is 9.95. The van der Waals surface area contributed by atoms with E-state index in [-0.39, 0.29) is 23.6 Å². The number of hydrogen-bond donors (Lipinski definition) is 1. The number of Topliss-reactive ketones (excluding diaryl/α,β-unsaturated/α-hetero) is 1. The first kappa shape index (κ1) is 21.3. The summed E-state index contributed by atoms with van der Waals surface area (Å²) >= 11 is 5.92. The van der Waals surface area contributed by atoms with Crippen LogP contribution in [0.5, 0.6) is 0 Å². The lowest BCUT2D eigenvalue weighted by Crippen LogP contribution is -2.29. The maximum atomic E-state index is 13.0. The fraction of sp³-hybridized carbons (Fsp3) is 0.0833. The van der Waals surface area contributed by atoms with E-state index in [4.69, 9.17) is 11.6 Å². The van der Waals surface area contributed by atoms with E-state index in [9.17, 15) is 24.8 Å². The van der Waals surface area contributed by atoms with Gasteiger partial charge in [-0.25, -0.2) is 0 Å². The summed E-state index contributed by atoms with van der Waals surface area (Å²) in [4.78, 5) is 37.9. The molecule has 1 atom stereocenters. The number of ketones is 1. The average molecular weight is 449 g/mol. The van der Waals surface area contributed by atoms with Gasteiger partial charge in [-0.1, -0.05) is 41.9 Å². The number of carbonyl (C=O) groups is 2. The van der Waals surface area contributed by atoms with Crippen molar-refractivity contribution in [2.75, 3.05) is 0 Å². The molecule has 4 rings (SSSR count). The molecular weight excluding hydrogens is 432 g/mol. The van der Waals surface area contributed by atoms with Gasteiger partial charge in [0, 0.05) is 29.3 Å². The van der Waals surface area contributed by atoms with Crippen LogP contribution in [0.25, 0.3) is 5.76 Å². The Labute approximate surface area is 188 Å². The highest BCUT2D eigenvalue weighted by atomic mass is 35.5. The highest BCUT2D eigenvalue weighted by Crippen LogP contribution is 2.40. The Kier molecular flexibility index (Phi) is 5.75. The van der Waals surface area contributed by atoms with Crippen molar-refractivity contribution in [2.45, 2.75) is 12.6 Å². The third-order valence-corrected chi connectivity index (χ3v) is 5.52. The Balaban J connectivity index is 1.85. The predicted octanol–water partition coefficient (Wildman–Crippen LogP) is 4.87. The van der Waals surface area contributed by atoms with Gasteiger partial charge in [0.2, 0.25) is 0 Å². The molecule has 0 aromatic heterocycles. The molecule has 8 heteroatoms. The number of nitro benzene ring substituents is 1. The number of amides is 1. The van der Waals surface area contributed by atoms with E-state index in [0.29, 0.717) is 16.1 Å². The molecule has 0 unspecified atom stereocenters. The average Bonchev–Trinajstić information content (AvgIpc) is 3.05. The van der Waals surface area contributed by atoms with Gasteiger partial charge in [-0.15, -0.1) is 0 Å². The molecule has 0 radical (unpaired) electrons. The number of benzene rings is 3. The number of carbonyl (C=O) groups excluding carboxylic acids is 2. The van der Waals surface area contributed by atoms with Crippen molar-refractivity contribution in [1.82, 2.24) is 4.90 Å². The summed E-state index contributed by atoms with van der Waals surface area (Å²) in [5.74, 6) is -1.91. The van der Waals surface area contributed by atoms with Crippen LogP contribution in [-0.4, -0.2) is 26.6 Å². The van der Waals surface area contributed by atoms with E-state index in [1.54, 1.807) is 24.3 Å². The van der Waals surface area contributed by atoms with Gasteiger partial charge in [0.05, 0.1) is 16.5 Å². The number of nitro groups is 1. The minimum absolute atomic E-state index is 0.0814. The van der Waals surface area contributed by atoms with Crippen molar-refractivity contribution in [1.29, 1.82) is 0 Å². The summed E-state index contributed by atoms with van der Waals surface area (Å²) in [6.07, 6.45) is 0. The molecule has 1 fully saturated rings. The first-order valence-electron chi connectivity index (χ1n) is 9.69. The summed E-state index contributed by atoms with van der Waals surface area (Å²) in [6.45, 7) is 0.129. The van der Waals surface area contributed by atoms with Crippen LogP contribution in [0.2, 0.25) is 5.02 Å². The number of halogens is 1. The first-order valence-corrected chi connectivity index (χ1v) is 10.1. The van der Waals surface area contributed by atoms with E-state index < -0.39 is 22.7 Å². The van der Waals surface area contributed by atoms with Gasteiger partial charge in [0.25, 0.3) is 17.4 Å². The van der Waals surface area contributed by atoms with E-state index in [0.717, 1.165) is 5.56 Å². The number of rotatable bonds is 5. The van der Waals surface area contributed by atoms with Crippen LogP contribution in [0, 0.1) is 10.1 Å². The first-order chi connectivity index (χ1) is 15.4. The summed E-state index contributed by atoms with van der Waals surface area (Å²) in [7, 11) is 0. The highest BCUT2D eigenvalue weighted by Gasteiger charge is 2.46. The standard InChI is InChI=1S/C24H17ClN2O5/c25-18-10-6-17(7-11-18)22(28)20-21(16-8-12-19(13-9-16)27(31)32)26(24(30)23(20)29)14-15-4-2-1-3-5-15/h1-13,21,28H,14H2/t21-/m1/s1.